The summed E-state index contributed by atoms with van der Waals surface area (Å²) in [6.45, 7) is 2.09. The van der Waals surface area contributed by atoms with Crippen LogP contribution in [0.5, 0.6) is 0 Å². The molecule has 0 radical (unpaired) electrons. The van der Waals surface area contributed by atoms with Crippen LogP contribution >= 0.6 is 59.4 Å². The molecule has 0 fully saturated rings. The van der Waals surface area contributed by atoms with Crippen LogP contribution in [0.2, 0.25) is 0 Å². The van der Waals surface area contributed by atoms with E-state index in [0.29, 0.717) is 5.88 Å². The maximum Gasteiger partial charge on any atom is 0.0462 e. The Bertz CT molecular complexity index is 323. The van der Waals surface area contributed by atoms with Gasteiger partial charge in [-0.3, -0.25) is 0 Å². The lowest BCUT2D eigenvalue weighted by Gasteiger charge is -2.10. The highest BCUT2D eigenvalue weighted by Gasteiger charge is 2.10. The largest absolute Gasteiger partial charge is 0.126 e. The molecule has 0 saturated carbocycles. The predicted molar refractivity (Wildman–Crippen MR) is 68.7 cm³/mol. The number of hydrogen-bond acceptors (Lipinski definition) is 0. The highest BCUT2D eigenvalue weighted by atomic mass is 79.9. The lowest BCUT2D eigenvalue weighted by Crippen LogP contribution is -1.94. The van der Waals surface area contributed by atoms with Gasteiger partial charge in [-0.15, -0.1) is 11.6 Å². The standard InChI is InChI=1S/C9H8Br3Cl/c1-5-4-7(10)9(12)8(11)6(5)2-3-13/h4H,2-3H2,1H3. The topological polar surface area (TPSA) is 0 Å². The van der Waals surface area contributed by atoms with Crippen molar-refractivity contribution < 1.29 is 0 Å². The van der Waals surface area contributed by atoms with E-state index in [0.717, 1.165) is 19.8 Å². The Morgan fingerprint density at radius 3 is 2.38 bits per heavy atom. The van der Waals surface area contributed by atoms with Gasteiger partial charge in [-0.25, -0.2) is 0 Å². The first-order chi connectivity index (χ1) is 6.07. The molecule has 0 spiro atoms. The van der Waals surface area contributed by atoms with Gasteiger partial charge in [-0.1, -0.05) is 0 Å². The van der Waals surface area contributed by atoms with Gasteiger partial charge in [0.15, 0.2) is 0 Å². The van der Waals surface area contributed by atoms with Gasteiger partial charge in [0, 0.05) is 19.3 Å². The van der Waals surface area contributed by atoms with Crippen molar-refractivity contribution in [3.05, 3.63) is 30.6 Å². The van der Waals surface area contributed by atoms with Crippen molar-refractivity contribution in [2.45, 2.75) is 13.3 Å². The van der Waals surface area contributed by atoms with Gasteiger partial charge in [0.2, 0.25) is 0 Å². The number of rotatable bonds is 2. The number of halogens is 4. The first-order valence-electron chi connectivity index (χ1n) is 3.77. The van der Waals surface area contributed by atoms with Crippen LogP contribution in [0, 0.1) is 6.92 Å². The van der Waals surface area contributed by atoms with Gasteiger partial charge in [0.25, 0.3) is 0 Å². The van der Waals surface area contributed by atoms with Crippen LogP contribution in [0.3, 0.4) is 0 Å². The van der Waals surface area contributed by atoms with Gasteiger partial charge in [0.05, 0.1) is 0 Å². The molecule has 1 aromatic rings. The molecule has 13 heavy (non-hydrogen) atoms. The minimum absolute atomic E-state index is 0.646. The summed E-state index contributed by atoms with van der Waals surface area (Å²) < 4.78 is 3.22. The highest BCUT2D eigenvalue weighted by molar-refractivity contribution is 9.14. The zero-order chi connectivity index (χ0) is 10.0. The smallest absolute Gasteiger partial charge is 0.0462 e. The SMILES string of the molecule is Cc1cc(Br)c(Br)c(Br)c1CCCl. The molecule has 1 rings (SSSR count). The lowest BCUT2D eigenvalue weighted by molar-refractivity contribution is 1.10. The van der Waals surface area contributed by atoms with Gasteiger partial charge < -0.3 is 0 Å². The zero-order valence-corrected chi connectivity index (χ0v) is 12.5. The van der Waals surface area contributed by atoms with Gasteiger partial charge in [-0.2, -0.15) is 0 Å². The second kappa shape index (κ2) is 5.15. The first-order valence-corrected chi connectivity index (χ1v) is 6.68. The molecular formula is C9H8Br3Cl. The van der Waals surface area contributed by atoms with Gasteiger partial charge >= 0.3 is 0 Å². The summed E-state index contributed by atoms with van der Waals surface area (Å²) in [7, 11) is 0. The summed E-state index contributed by atoms with van der Waals surface area (Å²) in [5.74, 6) is 0.646. The van der Waals surface area contributed by atoms with E-state index >= 15 is 0 Å². The fourth-order valence-electron chi connectivity index (χ4n) is 1.15. The maximum absolute atomic E-state index is 5.72. The van der Waals surface area contributed by atoms with Crippen LogP contribution in [0.4, 0.5) is 0 Å². The predicted octanol–water partition coefficient (Wildman–Crippen LogP) is 5.06. The van der Waals surface area contributed by atoms with Crippen LogP contribution in [0.1, 0.15) is 11.1 Å². The number of benzene rings is 1. The average Bonchev–Trinajstić information content (AvgIpc) is 2.09. The Labute approximate surface area is 108 Å². The van der Waals surface area contributed by atoms with E-state index in [4.69, 9.17) is 11.6 Å². The molecule has 0 unspecified atom stereocenters. The van der Waals surface area contributed by atoms with E-state index in [1.54, 1.807) is 0 Å². The molecule has 0 aliphatic carbocycles. The van der Waals surface area contributed by atoms with E-state index in [1.807, 2.05) is 0 Å². The lowest BCUT2D eigenvalue weighted by atomic mass is 10.1. The first kappa shape index (κ1) is 12.0. The molecule has 0 aromatic heterocycles. The summed E-state index contributed by atoms with van der Waals surface area (Å²) in [6, 6.07) is 2.09. The Kier molecular flexibility index (Phi) is 4.76. The number of alkyl halides is 1. The van der Waals surface area contributed by atoms with Crippen LogP contribution in [-0.2, 0) is 6.42 Å². The summed E-state index contributed by atoms with van der Waals surface area (Å²) in [5, 5.41) is 0. The maximum atomic E-state index is 5.72. The molecule has 0 N–H and O–H groups in total. The Morgan fingerprint density at radius 1 is 1.23 bits per heavy atom. The molecule has 1 aromatic carbocycles. The average molecular weight is 391 g/mol. The molecule has 0 saturated heterocycles. The quantitative estimate of drug-likeness (QED) is 0.488. The van der Waals surface area contributed by atoms with E-state index in [9.17, 15) is 0 Å². The Balaban J connectivity index is 3.26. The third-order valence-corrected chi connectivity index (χ3v) is 5.41. The van der Waals surface area contributed by atoms with E-state index in [2.05, 4.69) is 60.8 Å². The molecule has 0 amide bonds. The van der Waals surface area contributed by atoms with Crippen molar-refractivity contribution >= 4 is 59.4 Å². The molecule has 0 aliphatic rings. The summed E-state index contributed by atoms with van der Waals surface area (Å²) in [4.78, 5) is 0. The molecular weight excluding hydrogens is 383 g/mol. The minimum Gasteiger partial charge on any atom is -0.126 e. The van der Waals surface area contributed by atoms with Crippen LogP contribution in [0.25, 0.3) is 0 Å². The van der Waals surface area contributed by atoms with E-state index in [1.165, 1.54) is 11.1 Å². The van der Waals surface area contributed by atoms with Crippen molar-refractivity contribution in [3.8, 4) is 0 Å². The second-order valence-corrected chi connectivity index (χ2v) is 5.54. The van der Waals surface area contributed by atoms with E-state index in [-0.39, 0.29) is 0 Å². The Morgan fingerprint density at radius 2 is 1.85 bits per heavy atom. The molecule has 0 bridgehead atoms. The van der Waals surface area contributed by atoms with Crippen molar-refractivity contribution in [3.63, 3.8) is 0 Å². The van der Waals surface area contributed by atoms with Crippen molar-refractivity contribution in [1.29, 1.82) is 0 Å². The van der Waals surface area contributed by atoms with Gasteiger partial charge in [0.1, 0.15) is 0 Å². The fraction of sp³-hybridized carbons (Fsp3) is 0.333. The normalized spacial score (nSPS) is 10.5. The summed E-state index contributed by atoms with van der Waals surface area (Å²) in [5.41, 5.74) is 2.52. The highest BCUT2D eigenvalue weighted by Crippen LogP contribution is 2.36. The second-order valence-electron chi connectivity index (χ2n) is 2.72. The number of aryl methyl sites for hydroxylation is 1. The third kappa shape index (κ3) is 2.71. The zero-order valence-electron chi connectivity index (χ0n) is 7.00. The third-order valence-electron chi connectivity index (χ3n) is 1.83. The van der Waals surface area contributed by atoms with Crippen LogP contribution in [0.15, 0.2) is 19.5 Å². The van der Waals surface area contributed by atoms with E-state index < -0.39 is 0 Å². The molecule has 72 valence electrons. The molecule has 0 heterocycles. The minimum atomic E-state index is 0.646. The van der Waals surface area contributed by atoms with Crippen molar-refractivity contribution in [1.82, 2.24) is 0 Å². The monoisotopic (exact) mass is 388 g/mol. The molecule has 0 nitrogen and oxygen atoms in total. The summed E-state index contributed by atoms with van der Waals surface area (Å²) in [6.07, 6.45) is 0.889. The van der Waals surface area contributed by atoms with Crippen LogP contribution in [-0.4, -0.2) is 5.88 Å². The van der Waals surface area contributed by atoms with Crippen molar-refractivity contribution in [2.75, 3.05) is 5.88 Å². The summed E-state index contributed by atoms with van der Waals surface area (Å²) >= 11 is 16.2. The Hall–Kier alpha value is 0.950. The van der Waals surface area contributed by atoms with Crippen molar-refractivity contribution in [2.24, 2.45) is 0 Å². The molecule has 4 heteroatoms. The molecule has 0 atom stereocenters. The number of hydrogen-bond donors (Lipinski definition) is 0. The van der Waals surface area contributed by atoms with Gasteiger partial charge in [-0.05, 0) is 78.3 Å². The molecule has 0 aliphatic heterocycles. The fourth-order valence-corrected chi connectivity index (χ4v) is 3.23. The van der Waals surface area contributed by atoms with Crippen LogP contribution < -0.4 is 0 Å².